The van der Waals surface area contributed by atoms with Gasteiger partial charge in [-0.2, -0.15) is 0 Å². The topological polar surface area (TPSA) is 18.5 Å². The molecule has 1 aromatic rings. The molecule has 0 aliphatic rings. The van der Waals surface area contributed by atoms with Gasteiger partial charge >= 0.3 is 0 Å². The van der Waals surface area contributed by atoms with Gasteiger partial charge in [-0.25, -0.2) is 0 Å². The van der Waals surface area contributed by atoms with Crippen LogP contribution in [0.15, 0.2) is 18.2 Å². The van der Waals surface area contributed by atoms with E-state index in [1.165, 1.54) is 5.56 Å². The van der Waals surface area contributed by atoms with Gasteiger partial charge in [0.05, 0.1) is 12.7 Å². The minimum Gasteiger partial charge on any atom is -0.490 e. The van der Waals surface area contributed by atoms with Gasteiger partial charge in [0.25, 0.3) is 0 Å². The van der Waals surface area contributed by atoms with Crippen molar-refractivity contribution in [2.45, 2.75) is 33.8 Å². The van der Waals surface area contributed by atoms with Crippen molar-refractivity contribution in [2.24, 2.45) is 0 Å². The average molecular weight is 194 g/mol. The molecule has 14 heavy (non-hydrogen) atoms. The maximum atomic E-state index is 5.63. The fraction of sp³-hybridized carbons (Fsp3) is 0.500. The Morgan fingerprint density at radius 3 is 2.50 bits per heavy atom. The number of rotatable bonds is 4. The molecule has 0 saturated carbocycles. The Morgan fingerprint density at radius 1 is 1.21 bits per heavy atom. The van der Waals surface area contributed by atoms with Crippen LogP contribution >= 0.6 is 0 Å². The first-order chi connectivity index (χ1) is 6.63. The van der Waals surface area contributed by atoms with E-state index in [-0.39, 0.29) is 6.10 Å². The lowest BCUT2D eigenvalue weighted by atomic mass is 10.2. The van der Waals surface area contributed by atoms with Crippen molar-refractivity contribution < 1.29 is 9.47 Å². The van der Waals surface area contributed by atoms with Crippen molar-refractivity contribution in [3.63, 3.8) is 0 Å². The predicted octanol–water partition coefficient (Wildman–Crippen LogP) is 3.18. The molecule has 0 atom stereocenters. The van der Waals surface area contributed by atoms with E-state index < -0.39 is 0 Å². The number of hydrogen-bond donors (Lipinski definition) is 0. The third-order valence-corrected chi connectivity index (χ3v) is 1.76. The third kappa shape index (κ3) is 2.95. The summed E-state index contributed by atoms with van der Waals surface area (Å²) in [7, 11) is 0. The zero-order valence-corrected chi connectivity index (χ0v) is 9.33. The lowest BCUT2D eigenvalue weighted by molar-refractivity contribution is 0.224. The Morgan fingerprint density at radius 2 is 1.93 bits per heavy atom. The van der Waals surface area contributed by atoms with E-state index in [4.69, 9.17) is 9.47 Å². The monoisotopic (exact) mass is 194 g/mol. The molecule has 1 rings (SSSR count). The highest BCUT2D eigenvalue weighted by molar-refractivity contribution is 5.42. The number of benzene rings is 1. The Hall–Kier alpha value is -1.18. The molecule has 2 nitrogen and oxygen atoms in total. The Labute approximate surface area is 85.8 Å². The molecule has 0 amide bonds. The SMILES string of the molecule is CCOc1cc(C)ccc1OC(C)C. The van der Waals surface area contributed by atoms with Gasteiger partial charge in [-0.15, -0.1) is 0 Å². The molecule has 0 N–H and O–H groups in total. The van der Waals surface area contributed by atoms with Gasteiger partial charge in [0.15, 0.2) is 11.5 Å². The molecular weight excluding hydrogens is 176 g/mol. The van der Waals surface area contributed by atoms with E-state index in [1.807, 2.05) is 45.9 Å². The summed E-state index contributed by atoms with van der Waals surface area (Å²) in [5.41, 5.74) is 1.18. The van der Waals surface area contributed by atoms with Crippen molar-refractivity contribution in [3.05, 3.63) is 23.8 Å². The first kappa shape index (κ1) is 10.9. The van der Waals surface area contributed by atoms with Crippen LogP contribution in [-0.4, -0.2) is 12.7 Å². The van der Waals surface area contributed by atoms with Crippen molar-refractivity contribution in [2.75, 3.05) is 6.61 Å². The lowest BCUT2D eigenvalue weighted by Crippen LogP contribution is -2.07. The van der Waals surface area contributed by atoms with E-state index >= 15 is 0 Å². The molecule has 0 saturated heterocycles. The second-order valence-electron chi connectivity index (χ2n) is 3.55. The molecule has 0 heterocycles. The van der Waals surface area contributed by atoms with Gasteiger partial charge in [0, 0.05) is 0 Å². The standard InChI is InChI=1S/C12H18O2/c1-5-13-12-8-10(4)6-7-11(12)14-9(2)3/h6-9H,5H2,1-4H3. The van der Waals surface area contributed by atoms with Crippen LogP contribution in [0.5, 0.6) is 11.5 Å². The molecule has 0 bridgehead atoms. The van der Waals surface area contributed by atoms with Crippen LogP contribution in [-0.2, 0) is 0 Å². The zero-order chi connectivity index (χ0) is 10.6. The number of ether oxygens (including phenoxy) is 2. The van der Waals surface area contributed by atoms with Crippen LogP contribution in [0.4, 0.5) is 0 Å². The van der Waals surface area contributed by atoms with Gasteiger partial charge in [0.1, 0.15) is 0 Å². The summed E-state index contributed by atoms with van der Waals surface area (Å²) in [5.74, 6) is 1.66. The molecule has 0 fully saturated rings. The lowest BCUT2D eigenvalue weighted by Gasteiger charge is -2.14. The normalized spacial score (nSPS) is 10.4. The van der Waals surface area contributed by atoms with Gasteiger partial charge < -0.3 is 9.47 Å². The number of hydrogen-bond acceptors (Lipinski definition) is 2. The van der Waals surface area contributed by atoms with Crippen molar-refractivity contribution in [1.82, 2.24) is 0 Å². The Kier molecular flexibility index (Phi) is 3.81. The number of aryl methyl sites for hydroxylation is 1. The summed E-state index contributed by atoms with van der Waals surface area (Å²) < 4.78 is 11.1. The fourth-order valence-electron chi connectivity index (χ4n) is 1.23. The van der Waals surface area contributed by atoms with Crippen LogP contribution in [0.25, 0.3) is 0 Å². The van der Waals surface area contributed by atoms with Crippen LogP contribution < -0.4 is 9.47 Å². The Balaban J connectivity index is 2.89. The third-order valence-electron chi connectivity index (χ3n) is 1.76. The molecule has 0 radical (unpaired) electrons. The van der Waals surface area contributed by atoms with Crippen LogP contribution in [0.1, 0.15) is 26.3 Å². The molecular formula is C12H18O2. The average Bonchev–Trinajstić information content (AvgIpc) is 2.09. The second-order valence-corrected chi connectivity index (χ2v) is 3.55. The predicted molar refractivity (Wildman–Crippen MR) is 58.1 cm³/mol. The molecule has 0 aliphatic carbocycles. The molecule has 1 aromatic carbocycles. The maximum Gasteiger partial charge on any atom is 0.161 e. The summed E-state index contributed by atoms with van der Waals surface area (Å²) in [6.45, 7) is 8.70. The maximum absolute atomic E-state index is 5.63. The molecule has 2 heteroatoms. The van der Waals surface area contributed by atoms with Gasteiger partial charge in [0.2, 0.25) is 0 Å². The quantitative estimate of drug-likeness (QED) is 0.733. The van der Waals surface area contributed by atoms with Gasteiger partial charge in [-0.1, -0.05) is 6.07 Å². The van der Waals surface area contributed by atoms with E-state index in [1.54, 1.807) is 0 Å². The highest BCUT2D eigenvalue weighted by Gasteiger charge is 2.06. The highest BCUT2D eigenvalue weighted by Crippen LogP contribution is 2.28. The summed E-state index contributed by atoms with van der Waals surface area (Å²) in [5, 5.41) is 0. The molecule has 0 aromatic heterocycles. The summed E-state index contributed by atoms with van der Waals surface area (Å²) in [6, 6.07) is 5.99. The first-order valence-corrected chi connectivity index (χ1v) is 5.03. The van der Waals surface area contributed by atoms with Gasteiger partial charge in [-0.05, 0) is 45.4 Å². The molecule has 78 valence electrons. The smallest absolute Gasteiger partial charge is 0.161 e. The summed E-state index contributed by atoms with van der Waals surface area (Å²) in [4.78, 5) is 0. The van der Waals surface area contributed by atoms with E-state index in [0.717, 1.165) is 11.5 Å². The minimum atomic E-state index is 0.178. The largest absolute Gasteiger partial charge is 0.490 e. The zero-order valence-electron chi connectivity index (χ0n) is 9.33. The van der Waals surface area contributed by atoms with Gasteiger partial charge in [-0.3, -0.25) is 0 Å². The molecule has 0 unspecified atom stereocenters. The minimum absolute atomic E-state index is 0.178. The Bertz CT molecular complexity index is 292. The highest BCUT2D eigenvalue weighted by atomic mass is 16.5. The van der Waals surface area contributed by atoms with Crippen molar-refractivity contribution in [1.29, 1.82) is 0 Å². The molecule has 0 aliphatic heterocycles. The first-order valence-electron chi connectivity index (χ1n) is 5.03. The van der Waals surface area contributed by atoms with E-state index in [2.05, 4.69) is 0 Å². The summed E-state index contributed by atoms with van der Waals surface area (Å²) >= 11 is 0. The second kappa shape index (κ2) is 4.89. The van der Waals surface area contributed by atoms with Crippen LogP contribution in [0.2, 0.25) is 0 Å². The summed E-state index contributed by atoms with van der Waals surface area (Å²) in [6.07, 6.45) is 0.178. The van der Waals surface area contributed by atoms with Crippen LogP contribution in [0, 0.1) is 6.92 Å². The van der Waals surface area contributed by atoms with E-state index in [0.29, 0.717) is 6.61 Å². The molecule has 0 spiro atoms. The van der Waals surface area contributed by atoms with Crippen molar-refractivity contribution in [3.8, 4) is 11.5 Å². The van der Waals surface area contributed by atoms with Crippen molar-refractivity contribution >= 4 is 0 Å². The fourth-order valence-corrected chi connectivity index (χ4v) is 1.23. The van der Waals surface area contributed by atoms with Crippen LogP contribution in [0.3, 0.4) is 0 Å². The van der Waals surface area contributed by atoms with E-state index in [9.17, 15) is 0 Å².